The molecule has 0 amide bonds. The van der Waals surface area contributed by atoms with Gasteiger partial charge in [0.1, 0.15) is 0 Å². The van der Waals surface area contributed by atoms with Crippen LogP contribution >= 0.6 is 0 Å². The number of hydrogen-bond acceptors (Lipinski definition) is 5. The zero-order valence-corrected chi connectivity index (χ0v) is 10.2. The highest BCUT2D eigenvalue weighted by molar-refractivity contribution is 5.54. The van der Waals surface area contributed by atoms with Crippen LogP contribution in [0.5, 0.6) is 5.75 Å². The average molecular weight is 251 g/mol. The molecule has 2 rings (SSSR count). The van der Waals surface area contributed by atoms with E-state index in [1.807, 2.05) is 6.92 Å². The Labute approximate surface area is 104 Å². The van der Waals surface area contributed by atoms with Crippen LogP contribution in [0.3, 0.4) is 0 Å². The number of aromatic nitrogens is 2. The van der Waals surface area contributed by atoms with Crippen molar-refractivity contribution in [1.29, 1.82) is 0 Å². The first-order valence-corrected chi connectivity index (χ1v) is 5.61. The van der Waals surface area contributed by atoms with Crippen molar-refractivity contribution in [3.63, 3.8) is 0 Å². The third-order valence-electron chi connectivity index (χ3n) is 2.40. The fraction of sp³-hybridized carbons (Fsp3) is 0.333. The normalized spacial score (nSPS) is 10.6. The second-order valence-corrected chi connectivity index (χ2v) is 3.65. The molecule has 0 aliphatic carbocycles. The topological polar surface area (TPSA) is 60.2 Å². The number of nitrogens with one attached hydrogen (secondary N) is 1. The smallest absolute Gasteiger partial charge is 0.258 e. The molecule has 0 saturated heterocycles. The zero-order chi connectivity index (χ0) is 13.0. The predicted octanol–water partition coefficient (Wildman–Crippen LogP) is 1.99. The van der Waals surface area contributed by atoms with Crippen molar-refractivity contribution in [3.8, 4) is 17.2 Å². The van der Waals surface area contributed by atoms with E-state index in [1.165, 1.54) is 19.2 Å². The molecule has 6 heteroatoms. The first-order valence-electron chi connectivity index (χ1n) is 5.61. The van der Waals surface area contributed by atoms with Crippen molar-refractivity contribution in [2.75, 3.05) is 13.7 Å². The molecule has 0 fully saturated rings. The number of nitrogens with zero attached hydrogens (tertiary/aromatic N) is 2. The second kappa shape index (κ2) is 5.59. The summed E-state index contributed by atoms with van der Waals surface area (Å²) in [5, 5.41) is 6.88. The number of hydrogen-bond donors (Lipinski definition) is 1. The van der Waals surface area contributed by atoms with Crippen molar-refractivity contribution >= 4 is 0 Å². The van der Waals surface area contributed by atoms with Crippen LogP contribution < -0.4 is 10.1 Å². The first kappa shape index (κ1) is 12.5. The zero-order valence-electron chi connectivity index (χ0n) is 10.2. The van der Waals surface area contributed by atoms with Crippen molar-refractivity contribution in [1.82, 2.24) is 15.5 Å². The Kier molecular flexibility index (Phi) is 3.88. The maximum atomic E-state index is 13.5. The van der Waals surface area contributed by atoms with Crippen LogP contribution in [-0.2, 0) is 6.54 Å². The summed E-state index contributed by atoms with van der Waals surface area (Å²) in [6.45, 7) is 3.33. The van der Waals surface area contributed by atoms with Gasteiger partial charge in [0.05, 0.1) is 13.7 Å². The lowest BCUT2D eigenvalue weighted by molar-refractivity contribution is 0.386. The predicted molar refractivity (Wildman–Crippen MR) is 63.6 cm³/mol. The van der Waals surface area contributed by atoms with Gasteiger partial charge in [0.25, 0.3) is 5.89 Å². The Hall–Kier alpha value is -1.95. The van der Waals surface area contributed by atoms with E-state index in [-0.39, 0.29) is 5.75 Å². The monoisotopic (exact) mass is 251 g/mol. The minimum absolute atomic E-state index is 0.186. The quantitative estimate of drug-likeness (QED) is 0.880. The van der Waals surface area contributed by atoms with Crippen LogP contribution in [0.1, 0.15) is 12.7 Å². The van der Waals surface area contributed by atoms with Crippen LogP contribution in [0.4, 0.5) is 4.39 Å². The summed E-state index contributed by atoms with van der Waals surface area (Å²) in [7, 11) is 1.42. The van der Waals surface area contributed by atoms with E-state index >= 15 is 0 Å². The van der Waals surface area contributed by atoms with Gasteiger partial charge in [0.15, 0.2) is 17.4 Å². The summed E-state index contributed by atoms with van der Waals surface area (Å²) in [5.41, 5.74) is 0.531. The Bertz CT molecular complexity index is 528. The van der Waals surface area contributed by atoms with Gasteiger partial charge in [0, 0.05) is 5.56 Å². The van der Waals surface area contributed by atoms with Crippen LogP contribution in [0, 0.1) is 5.82 Å². The summed E-state index contributed by atoms with van der Waals surface area (Å²) < 4.78 is 23.4. The number of ether oxygens (including phenoxy) is 1. The van der Waals surface area contributed by atoms with Gasteiger partial charge in [-0.1, -0.05) is 12.1 Å². The Balaban J connectivity index is 2.20. The minimum Gasteiger partial charge on any atom is -0.494 e. The molecule has 0 bridgehead atoms. The molecule has 0 aliphatic rings. The molecule has 96 valence electrons. The van der Waals surface area contributed by atoms with Crippen molar-refractivity contribution in [2.45, 2.75) is 13.5 Å². The van der Waals surface area contributed by atoms with E-state index in [9.17, 15) is 4.39 Å². The Morgan fingerprint density at radius 3 is 2.94 bits per heavy atom. The molecule has 5 nitrogen and oxygen atoms in total. The molecule has 2 aromatic rings. The number of halogens is 1. The van der Waals surface area contributed by atoms with Crippen LogP contribution in [0.25, 0.3) is 11.5 Å². The molecular weight excluding hydrogens is 237 g/mol. The molecule has 0 saturated carbocycles. The molecule has 0 aliphatic heterocycles. The lowest BCUT2D eigenvalue weighted by Gasteiger charge is -2.01. The van der Waals surface area contributed by atoms with Gasteiger partial charge < -0.3 is 14.6 Å². The maximum Gasteiger partial charge on any atom is 0.258 e. The molecule has 0 unspecified atom stereocenters. The average Bonchev–Trinajstić information content (AvgIpc) is 2.85. The van der Waals surface area contributed by atoms with Crippen molar-refractivity contribution in [2.24, 2.45) is 0 Å². The summed E-state index contributed by atoms with van der Waals surface area (Å²) in [6, 6.07) is 4.51. The standard InChI is InChI=1S/C12H14FN3O2/c1-3-14-7-11-15-12(18-16-11)8-4-5-10(17-2)9(13)6-8/h4-6,14H,3,7H2,1-2H3. The molecule has 0 atom stereocenters. The molecule has 1 aromatic heterocycles. The van der Waals surface area contributed by atoms with E-state index in [4.69, 9.17) is 9.26 Å². The highest BCUT2D eigenvalue weighted by Crippen LogP contribution is 2.24. The van der Waals surface area contributed by atoms with Crippen LogP contribution in [0.2, 0.25) is 0 Å². The van der Waals surface area contributed by atoms with Crippen LogP contribution in [-0.4, -0.2) is 23.8 Å². The summed E-state index contributed by atoms with van der Waals surface area (Å²) in [5.74, 6) is 0.570. The molecule has 1 heterocycles. The van der Waals surface area contributed by atoms with Gasteiger partial charge in [-0.15, -0.1) is 0 Å². The van der Waals surface area contributed by atoms with E-state index in [0.29, 0.717) is 23.8 Å². The van der Waals surface area contributed by atoms with E-state index < -0.39 is 5.82 Å². The summed E-state index contributed by atoms with van der Waals surface area (Å²) in [4.78, 5) is 4.17. The molecule has 1 N–H and O–H groups in total. The van der Waals surface area contributed by atoms with E-state index in [1.54, 1.807) is 6.07 Å². The second-order valence-electron chi connectivity index (χ2n) is 3.65. The van der Waals surface area contributed by atoms with E-state index in [0.717, 1.165) is 6.54 Å². The van der Waals surface area contributed by atoms with Crippen molar-refractivity contribution in [3.05, 3.63) is 29.8 Å². The number of benzene rings is 1. The molecule has 0 spiro atoms. The van der Waals surface area contributed by atoms with Crippen LogP contribution in [0.15, 0.2) is 22.7 Å². The Morgan fingerprint density at radius 1 is 1.44 bits per heavy atom. The largest absolute Gasteiger partial charge is 0.494 e. The van der Waals surface area contributed by atoms with Gasteiger partial charge in [0.2, 0.25) is 0 Å². The Morgan fingerprint density at radius 2 is 2.28 bits per heavy atom. The highest BCUT2D eigenvalue weighted by Gasteiger charge is 2.11. The maximum absolute atomic E-state index is 13.5. The molecular formula is C12H14FN3O2. The van der Waals surface area contributed by atoms with Gasteiger partial charge in [-0.25, -0.2) is 4.39 Å². The highest BCUT2D eigenvalue weighted by atomic mass is 19.1. The third kappa shape index (κ3) is 2.65. The van der Waals surface area contributed by atoms with Crippen molar-refractivity contribution < 1.29 is 13.7 Å². The van der Waals surface area contributed by atoms with Gasteiger partial charge in [-0.05, 0) is 24.7 Å². The number of methoxy groups -OCH3 is 1. The fourth-order valence-corrected chi connectivity index (χ4v) is 1.48. The summed E-state index contributed by atoms with van der Waals surface area (Å²) >= 11 is 0. The SMILES string of the molecule is CCNCc1noc(-c2ccc(OC)c(F)c2)n1. The van der Waals surface area contributed by atoms with Gasteiger partial charge >= 0.3 is 0 Å². The first-order chi connectivity index (χ1) is 8.74. The van der Waals surface area contributed by atoms with Gasteiger partial charge in [-0.3, -0.25) is 0 Å². The number of rotatable bonds is 5. The molecule has 0 radical (unpaired) electrons. The lowest BCUT2D eigenvalue weighted by atomic mass is 10.2. The molecule has 1 aromatic carbocycles. The van der Waals surface area contributed by atoms with E-state index in [2.05, 4.69) is 15.5 Å². The lowest BCUT2D eigenvalue weighted by Crippen LogP contribution is -2.12. The van der Waals surface area contributed by atoms with Gasteiger partial charge in [-0.2, -0.15) is 4.98 Å². The molecule has 18 heavy (non-hydrogen) atoms. The fourth-order valence-electron chi connectivity index (χ4n) is 1.48. The minimum atomic E-state index is -0.457. The third-order valence-corrected chi connectivity index (χ3v) is 2.40. The summed E-state index contributed by atoms with van der Waals surface area (Å²) in [6.07, 6.45) is 0.